The van der Waals surface area contributed by atoms with Crippen molar-refractivity contribution in [3.05, 3.63) is 29.2 Å². The van der Waals surface area contributed by atoms with Crippen molar-refractivity contribution in [2.75, 3.05) is 12.4 Å². The Hall–Kier alpha value is -1.66. The van der Waals surface area contributed by atoms with E-state index in [4.69, 9.17) is 11.6 Å². The smallest absolute Gasteiger partial charge is 0.193 e. The van der Waals surface area contributed by atoms with Crippen molar-refractivity contribution in [2.24, 2.45) is 0 Å². The summed E-state index contributed by atoms with van der Waals surface area (Å²) in [5, 5.41) is 20.8. The first-order chi connectivity index (χ1) is 8.11. The van der Waals surface area contributed by atoms with Gasteiger partial charge in [-0.15, -0.1) is 9.90 Å². The van der Waals surface area contributed by atoms with Gasteiger partial charge in [-0.05, 0) is 13.0 Å². The molecule has 0 fully saturated rings. The van der Waals surface area contributed by atoms with Crippen LogP contribution >= 0.6 is 11.6 Å². The minimum absolute atomic E-state index is 0.428. The van der Waals surface area contributed by atoms with Crippen LogP contribution in [0.4, 0.5) is 5.69 Å². The first-order valence-corrected chi connectivity index (χ1v) is 5.43. The van der Waals surface area contributed by atoms with Crippen LogP contribution in [0.3, 0.4) is 0 Å². The van der Waals surface area contributed by atoms with Gasteiger partial charge >= 0.3 is 0 Å². The van der Waals surface area contributed by atoms with Gasteiger partial charge in [0, 0.05) is 7.05 Å². The Kier molecular flexibility index (Phi) is 3.26. The van der Waals surface area contributed by atoms with Crippen LogP contribution < -0.4 is 5.32 Å². The summed E-state index contributed by atoms with van der Waals surface area (Å²) in [7, 11) is 1.78. The van der Waals surface area contributed by atoms with Crippen molar-refractivity contribution in [1.29, 1.82) is 0 Å². The normalized spacial score (nSPS) is 12.5. The lowest BCUT2D eigenvalue weighted by Crippen LogP contribution is -2.04. The van der Waals surface area contributed by atoms with E-state index in [0.717, 1.165) is 5.69 Å². The first kappa shape index (κ1) is 11.8. The monoisotopic (exact) mass is 253 g/mol. The molecule has 2 N–H and O–H groups in total. The highest BCUT2D eigenvalue weighted by molar-refractivity contribution is 6.32. The molecule has 0 aliphatic rings. The second kappa shape index (κ2) is 4.68. The average molecular weight is 254 g/mol. The number of anilines is 1. The summed E-state index contributed by atoms with van der Waals surface area (Å²) in [6.07, 6.45) is 2.44. The Balaban J connectivity index is 2.38. The van der Waals surface area contributed by atoms with Crippen molar-refractivity contribution in [3.63, 3.8) is 0 Å². The Morgan fingerprint density at radius 3 is 2.76 bits per heavy atom. The number of aliphatic hydroxyl groups is 1. The Morgan fingerprint density at radius 1 is 1.47 bits per heavy atom. The number of halogens is 1. The predicted octanol–water partition coefficient (Wildman–Crippen LogP) is 1.41. The van der Waals surface area contributed by atoms with E-state index in [1.165, 1.54) is 11.0 Å². The molecule has 1 atom stereocenters. The highest BCUT2D eigenvalue weighted by atomic mass is 35.5. The fourth-order valence-electron chi connectivity index (χ4n) is 1.28. The number of nitrogens with zero attached hydrogens (tertiary/aromatic N) is 4. The second-order valence-electron chi connectivity index (χ2n) is 3.51. The van der Waals surface area contributed by atoms with E-state index in [1.807, 2.05) is 0 Å². The maximum absolute atomic E-state index is 9.36. The molecule has 0 aliphatic heterocycles. The summed E-state index contributed by atoms with van der Waals surface area (Å²) in [6.45, 7) is 1.62. The van der Waals surface area contributed by atoms with Gasteiger partial charge in [-0.1, -0.05) is 11.6 Å². The first-order valence-electron chi connectivity index (χ1n) is 5.06. The summed E-state index contributed by atoms with van der Waals surface area (Å²) in [6, 6.07) is 1.73. The largest absolute Gasteiger partial charge is 0.387 e. The van der Waals surface area contributed by atoms with Crippen LogP contribution in [0.1, 0.15) is 18.7 Å². The van der Waals surface area contributed by atoms with Crippen molar-refractivity contribution in [2.45, 2.75) is 13.0 Å². The molecule has 0 spiro atoms. The van der Waals surface area contributed by atoms with Gasteiger partial charge in [-0.25, -0.2) is 4.98 Å². The van der Waals surface area contributed by atoms with E-state index >= 15 is 0 Å². The molecule has 1 unspecified atom stereocenters. The average Bonchev–Trinajstić information content (AvgIpc) is 2.78. The van der Waals surface area contributed by atoms with Crippen molar-refractivity contribution in [1.82, 2.24) is 20.0 Å². The number of pyridine rings is 1. The molecule has 2 aromatic heterocycles. The standard InChI is InChI=1S/C10H12ClN5O/c1-6(17)9-5-14-16(15-9)10-8(11)3-7(12-2)4-13-10/h3-6,12,17H,1-2H3. The maximum atomic E-state index is 9.36. The molecule has 6 nitrogen and oxygen atoms in total. The quantitative estimate of drug-likeness (QED) is 0.865. The lowest BCUT2D eigenvalue weighted by atomic mass is 10.3. The molecule has 7 heteroatoms. The van der Waals surface area contributed by atoms with Crippen LogP contribution in [0.2, 0.25) is 5.02 Å². The third-order valence-electron chi connectivity index (χ3n) is 2.24. The molecule has 0 amide bonds. The Bertz CT molecular complexity index is 525. The Morgan fingerprint density at radius 2 is 2.24 bits per heavy atom. The van der Waals surface area contributed by atoms with Crippen LogP contribution in [0.5, 0.6) is 0 Å². The van der Waals surface area contributed by atoms with Crippen LogP contribution in [0.15, 0.2) is 18.5 Å². The molecule has 2 aromatic rings. The molecule has 0 radical (unpaired) electrons. The van der Waals surface area contributed by atoms with Crippen LogP contribution in [-0.4, -0.2) is 32.1 Å². The van der Waals surface area contributed by atoms with Gasteiger partial charge in [-0.2, -0.15) is 5.10 Å². The fraction of sp³-hybridized carbons (Fsp3) is 0.300. The van der Waals surface area contributed by atoms with E-state index in [9.17, 15) is 5.11 Å². The minimum atomic E-state index is -0.667. The van der Waals surface area contributed by atoms with E-state index in [-0.39, 0.29) is 0 Å². The lowest BCUT2D eigenvalue weighted by Gasteiger charge is -2.04. The highest BCUT2D eigenvalue weighted by Crippen LogP contribution is 2.20. The number of aliphatic hydroxyl groups excluding tert-OH is 1. The third kappa shape index (κ3) is 2.37. The molecule has 0 aliphatic carbocycles. The molecular weight excluding hydrogens is 242 g/mol. The van der Waals surface area contributed by atoms with Gasteiger partial charge < -0.3 is 10.4 Å². The maximum Gasteiger partial charge on any atom is 0.193 e. The molecule has 0 saturated carbocycles. The molecule has 0 saturated heterocycles. The number of hydrogen-bond donors (Lipinski definition) is 2. The molecule has 2 rings (SSSR count). The number of hydrogen-bond acceptors (Lipinski definition) is 5. The van der Waals surface area contributed by atoms with E-state index < -0.39 is 6.10 Å². The van der Waals surface area contributed by atoms with Gasteiger partial charge in [0.2, 0.25) is 0 Å². The zero-order valence-corrected chi connectivity index (χ0v) is 10.2. The molecular formula is C10H12ClN5O. The molecule has 17 heavy (non-hydrogen) atoms. The van der Waals surface area contributed by atoms with Crippen molar-refractivity contribution < 1.29 is 5.11 Å². The van der Waals surface area contributed by atoms with E-state index in [2.05, 4.69) is 20.5 Å². The van der Waals surface area contributed by atoms with Gasteiger partial charge in [0.15, 0.2) is 5.82 Å². The van der Waals surface area contributed by atoms with Crippen LogP contribution in [-0.2, 0) is 0 Å². The lowest BCUT2D eigenvalue weighted by molar-refractivity contribution is 0.193. The molecule has 0 aromatic carbocycles. The molecule has 2 heterocycles. The number of aromatic nitrogens is 4. The SMILES string of the molecule is CNc1cnc(-n2ncc(C(C)O)n2)c(Cl)c1. The predicted molar refractivity (Wildman–Crippen MR) is 64.3 cm³/mol. The Labute approximate surface area is 103 Å². The summed E-state index contributed by atoms with van der Waals surface area (Å²) < 4.78 is 0. The van der Waals surface area contributed by atoms with Gasteiger partial charge in [0.1, 0.15) is 5.69 Å². The summed E-state index contributed by atoms with van der Waals surface area (Å²) in [5.74, 6) is 0.428. The molecule has 90 valence electrons. The van der Waals surface area contributed by atoms with Gasteiger partial charge in [0.25, 0.3) is 0 Å². The summed E-state index contributed by atoms with van der Waals surface area (Å²) in [4.78, 5) is 5.45. The van der Waals surface area contributed by atoms with Crippen LogP contribution in [0.25, 0.3) is 5.82 Å². The fourth-order valence-corrected chi connectivity index (χ4v) is 1.52. The molecule has 0 bridgehead atoms. The topological polar surface area (TPSA) is 75.9 Å². The van der Waals surface area contributed by atoms with Crippen molar-refractivity contribution >= 4 is 17.3 Å². The van der Waals surface area contributed by atoms with Crippen molar-refractivity contribution in [3.8, 4) is 5.82 Å². The summed E-state index contributed by atoms with van der Waals surface area (Å²) >= 11 is 6.07. The van der Waals surface area contributed by atoms with E-state index in [1.54, 1.807) is 26.2 Å². The van der Waals surface area contributed by atoms with Crippen LogP contribution in [0, 0.1) is 0 Å². The minimum Gasteiger partial charge on any atom is -0.387 e. The number of nitrogens with one attached hydrogen (secondary N) is 1. The van der Waals surface area contributed by atoms with Gasteiger partial charge in [0.05, 0.1) is 29.2 Å². The van der Waals surface area contributed by atoms with E-state index in [0.29, 0.717) is 16.5 Å². The highest BCUT2D eigenvalue weighted by Gasteiger charge is 2.11. The summed E-state index contributed by atoms with van der Waals surface area (Å²) in [5.41, 5.74) is 1.28. The second-order valence-corrected chi connectivity index (χ2v) is 3.92. The third-order valence-corrected chi connectivity index (χ3v) is 2.52. The zero-order valence-electron chi connectivity index (χ0n) is 9.42. The van der Waals surface area contributed by atoms with Gasteiger partial charge in [-0.3, -0.25) is 0 Å². The number of rotatable bonds is 3. The zero-order chi connectivity index (χ0) is 12.4.